The minimum absolute atomic E-state index is 0.0342. The van der Waals surface area contributed by atoms with Crippen LogP contribution in [0, 0.1) is 23.2 Å². The van der Waals surface area contributed by atoms with Crippen LogP contribution in [-0.4, -0.2) is 5.91 Å². The van der Waals surface area contributed by atoms with Crippen molar-refractivity contribution in [1.29, 1.82) is 5.26 Å². The Kier molecular flexibility index (Phi) is 3.02. The molecule has 0 unspecified atom stereocenters. The van der Waals surface area contributed by atoms with Crippen LogP contribution in [0.25, 0.3) is 0 Å². The number of hydrogen-bond donors (Lipinski definition) is 1. The molecule has 1 amide bonds. The lowest BCUT2D eigenvalue weighted by Crippen LogP contribution is -2.08. The number of hydrogen-bond acceptors (Lipinski definition) is 2. The zero-order chi connectivity index (χ0) is 6.41. The van der Waals surface area contributed by atoms with Gasteiger partial charge in [0.2, 0.25) is 5.91 Å². The van der Waals surface area contributed by atoms with Gasteiger partial charge in [-0.25, -0.2) is 0 Å². The van der Waals surface area contributed by atoms with Crippen molar-refractivity contribution in [3.63, 3.8) is 0 Å². The number of amides is 1. The molecule has 0 aliphatic carbocycles. The van der Waals surface area contributed by atoms with E-state index in [9.17, 15) is 4.79 Å². The van der Waals surface area contributed by atoms with Gasteiger partial charge in [-0.15, -0.1) is 0 Å². The van der Waals surface area contributed by atoms with E-state index in [-0.39, 0.29) is 6.42 Å². The molecule has 2 N–H and O–H groups in total. The Hall–Kier alpha value is -1.48. The van der Waals surface area contributed by atoms with Gasteiger partial charge in [-0.1, -0.05) is 5.92 Å². The van der Waals surface area contributed by atoms with Crippen LogP contribution in [-0.2, 0) is 4.79 Å². The summed E-state index contributed by atoms with van der Waals surface area (Å²) in [6.45, 7) is 0. The summed E-state index contributed by atoms with van der Waals surface area (Å²) in [6, 6.07) is 1.55. The Morgan fingerprint density at radius 1 is 1.75 bits per heavy atom. The molecule has 0 rings (SSSR count). The van der Waals surface area contributed by atoms with Crippen molar-refractivity contribution in [1.82, 2.24) is 0 Å². The third-order valence-electron chi connectivity index (χ3n) is 0.407. The van der Waals surface area contributed by atoms with Crippen LogP contribution in [0.5, 0.6) is 0 Å². The van der Waals surface area contributed by atoms with E-state index in [1.807, 2.05) is 5.92 Å². The Morgan fingerprint density at radius 2 is 2.38 bits per heavy atom. The molecule has 0 spiro atoms. The number of nitriles is 1. The highest BCUT2D eigenvalue weighted by Crippen LogP contribution is 1.67. The topological polar surface area (TPSA) is 66.9 Å². The second-order valence-corrected chi connectivity index (χ2v) is 1.06. The van der Waals surface area contributed by atoms with E-state index in [4.69, 9.17) is 5.26 Å². The zero-order valence-corrected chi connectivity index (χ0v) is 4.14. The van der Waals surface area contributed by atoms with Crippen LogP contribution in [0.1, 0.15) is 6.42 Å². The van der Waals surface area contributed by atoms with Crippen LogP contribution in [0.2, 0.25) is 0 Å². The largest absolute Gasteiger partial charge is 0.369 e. The number of primary amides is 1. The number of rotatable bonds is 1. The SMILES string of the molecule is N#CC#CCC(N)=O. The maximum atomic E-state index is 9.88. The first-order valence-electron chi connectivity index (χ1n) is 1.92. The van der Waals surface area contributed by atoms with Gasteiger partial charge in [0.1, 0.15) is 0 Å². The molecule has 0 saturated heterocycles. The minimum Gasteiger partial charge on any atom is -0.369 e. The number of carbonyl (C=O) groups is 1. The van der Waals surface area contributed by atoms with Gasteiger partial charge >= 0.3 is 0 Å². The van der Waals surface area contributed by atoms with Crippen LogP contribution in [0.15, 0.2) is 0 Å². The molecule has 8 heavy (non-hydrogen) atoms. The first-order chi connectivity index (χ1) is 3.77. The van der Waals surface area contributed by atoms with Gasteiger partial charge in [-0.3, -0.25) is 4.79 Å². The van der Waals surface area contributed by atoms with Crippen molar-refractivity contribution in [3.05, 3.63) is 0 Å². The molecular weight excluding hydrogens is 104 g/mol. The van der Waals surface area contributed by atoms with Gasteiger partial charge < -0.3 is 5.73 Å². The molecule has 0 bridgehead atoms. The van der Waals surface area contributed by atoms with Crippen molar-refractivity contribution < 1.29 is 4.79 Å². The molecule has 0 fully saturated rings. The molecule has 0 aliphatic rings. The maximum Gasteiger partial charge on any atom is 0.229 e. The van der Waals surface area contributed by atoms with E-state index in [1.54, 1.807) is 6.07 Å². The smallest absolute Gasteiger partial charge is 0.229 e. The summed E-state index contributed by atoms with van der Waals surface area (Å²) >= 11 is 0. The van der Waals surface area contributed by atoms with Gasteiger partial charge in [0.05, 0.1) is 6.42 Å². The number of nitrogens with zero attached hydrogens (tertiary/aromatic N) is 1. The Labute approximate surface area is 47.1 Å². The van der Waals surface area contributed by atoms with Crippen molar-refractivity contribution in [2.45, 2.75) is 6.42 Å². The predicted molar refractivity (Wildman–Crippen MR) is 27.2 cm³/mol. The third-order valence-corrected chi connectivity index (χ3v) is 0.407. The van der Waals surface area contributed by atoms with Gasteiger partial charge in [0.25, 0.3) is 0 Å². The quantitative estimate of drug-likeness (QED) is 0.455. The van der Waals surface area contributed by atoms with Crippen molar-refractivity contribution in [2.24, 2.45) is 5.73 Å². The van der Waals surface area contributed by atoms with Gasteiger partial charge in [0, 0.05) is 5.92 Å². The zero-order valence-electron chi connectivity index (χ0n) is 4.14. The third kappa shape index (κ3) is 4.52. The van der Waals surface area contributed by atoms with E-state index < -0.39 is 5.91 Å². The minimum atomic E-state index is -0.507. The number of carbonyl (C=O) groups excluding carboxylic acids is 1. The van der Waals surface area contributed by atoms with Crippen LogP contribution < -0.4 is 5.73 Å². The molecule has 3 nitrogen and oxygen atoms in total. The summed E-state index contributed by atoms with van der Waals surface area (Å²) in [5.41, 5.74) is 4.68. The summed E-state index contributed by atoms with van der Waals surface area (Å²) in [7, 11) is 0. The average Bonchev–Trinajstić information content (AvgIpc) is 1.66. The van der Waals surface area contributed by atoms with Gasteiger partial charge in [-0.2, -0.15) is 5.26 Å². The second-order valence-electron chi connectivity index (χ2n) is 1.06. The van der Waals surface area contributed by atoms with Gasteiger partial charge in [0.15, 0.2) is 6.07 Å². The fourth-order valence-electron chi connectivity index (χ4n) is 0.171. The van der Waals surface area contributed by atoms with Crippen LogP contribution in [0.4, 0.5) is 0 Å². The lowest BCUT2D eigenvalue weighted by Gasteiger charge is -1.74. The molecule has 40 valence electrons. The first kappa shape index (κ1) is 6.52. The predicted octanol–water partition coefficient (Wildman–Crippen LogP) is -0.611. The average molecular weight is 108 g/mol. The second kappa shape index (κ2) is 3.70. The lowest BCUT2D eigenvalue weighted by atomic mass is 10.4. The maximum absolute atomic E-state index is 9.88. The van der Waals surface area contributed by atoms with E-state index >= 15 is 0 Å². The number of nitrogens with two attached hydrogens (primary N) is 1. The van der Waals surface area contributed by atoms with Gasteiger partial charge in [-0.05, 0) is 0 Å². The molecule has 0 aromatic heterocycles. The highest BCUT2D eigenvalue weighted by Gasteiger charge is 1.83. The van der Waals surface area contributed by atoms with E-state index in [0.29, 0.717) is 0 Å². The monoisotopic (exact) mass is 108 g/mol. The van der Waals surface area contributed by atoms with Crippen LogP contribution in [0.3, 0.4) is 0 Å². The molecule has 3 heteroatoms. The Balaban J connectivity index is 3.48. The van der Waals surface area contributed by atoms with E-state index in [2.05, 4.69) is 11.7 Å². The molecular formula is C5H4N2O. The normalized spacial score (nSPS) is 5.88. The summed E-state index contributed by atoms with van der Waals surface area (Å²) in [5, 5.41) is 7.80. The standard InChI is InChI=1S/C5H4N2O/c6-4-2-1-3-5(7)8/h3H2,(H2,7,8). The fraction of sp³-hybridized carbons (Fsp3) is 0.200. The van der Waals surface area contributed by atoms with E-state index in [0.717, 1.165) is 0 Å². The van der Waals surface area contributed by atoms with E-state index in [1.165, 1.54) is 0 Å². The summed E-state index contributed by atoms with van der Waals surface area (Å²) < 4.78 is 0. The lowest BCUT2D eigenvalue weighted by molar-refractivity contribution is -0.117. The summed E-state index contributed by atoms with van der Waals surface area (Å²) in [4.78, 5) is 9.88. The van der Waals surface area contributed by atoms with Crippen molar-refractivity contribution in [3.8, 4) is 17.9 Å². The summed E-state index contributed by atoms with van der Waals surface area (Å²) in [6.07, 6.45) is -0.0342. The highest BCUT2D eigenvalue weighted by atomic mass is 16.1. The molecule has 0 aromatic carbocycles. The molecule has 0 aliphatic heterocycles. The summed E-state index contributed by atoms with van der Waals surface area (Å²) in [5.74, 6) is 3.78. The molecule has 0 radical (unpaired) electrons. The van der Waals surface area contributed by atoms with Crippen LogP contribution >= 0.6 is 0 Å². The van der Waals surface area contributed by atoms with Crippen molar-refractivity contribution in [2.75, 3.05) is 0 Å². The molecule has 0 atom stereocenters. The fourth-order valence-corrected chi connectivity index (χ4v) is 0.171. The van der Waals surface area contributed by atoms with Crippen molar-refractivity contribution >= 4 is 5.91 Å². The Bertz CT molecular complexity index is 179. The molecule has 0 saturated carbocycles. The first-order valence-corrected chi connectivity index (χ1v) is 1.92. The molecule has 0 aromatic rings. The highest BCUT2D eigenvalue weighted by molar-refractivity contribution is 5.76. The molecule has 0 heterocycles. The Morgan fingerprint density at radius 3 is 2.75 bits per heavy atom.